The van der Waals surface area contributed by atoms with Crippen molar-refractivity contribution < 1.29 is 5.11 Å². The largest absolute Gasteiger partial charge is 0.508 e. The quantitative estimate of drug-likeness (QED) is 0.710. The fourth-order valence-electron chi connectivity index (χ4n) is 4.15. The van der Waals surface area contributed by atoms with Gasteiger partial charge in [0.15, 0.2) is 5.17 Å². The molecule has 2 aromatic heterocycles. The number of nitrogens with zero attached hydrogens (tertiary/aromatic N) is 4. The van der Waals surface area contributed by atoms with Crippen molar-refractivity contribution in [2.75, 3.05) is 5.75 Å². The second kappa shape index (κ2) is 7.02. The van der Waals surface area contributed by atoms with Crippen LogP contribution in [0.15, 0.2) is 72.0 Å². The molecule has 28 heavy (non-hydrogen) atoms. The highest BCUT2D eigenvalue weighted by atomic mass is 32.2. The van der Waals surface area contributed by atoms with Crippen LogP contribution >= 0.6 is 11.8 Å². The monoisotopic (exact) mass is 390 g/mol. The number of hydrogen-bond donors (Lipinski definition) is 1. The third kappa shape index (κ3) is 2.79. The average Bonchev–Trinajstić information content (AvgIpc) is 3.44. The Morgan fingerprint density at radius 2 is 1.96 bits per heavy atom. The number of aromatic nitrogens is 2. The Morgan fingerprint density at radius 3 is 2.71 bits per heavy atom. The van der Waals surface area contributed by atoms with E-state index in [9.17, 15) is 5.11 Å². The van der Waals surface area contributed by atoms with Crippen molar-refractivity contribution in [1.82, 2.24) is 14.5 Å². The van der Waals surface area contributed by atoms with Crippen molar-refractivity contribution in [3.8, 4) is 11.4 Å². The summed E-state index contributed by atoms with van der Waals surface area (Å²) in [4.78, 5) is 12.2. The van der Waals surface area contributed by atoms with Crippen molar-refractivity contribution in [2.24, 2.45) is 4.99 Å². The molecule has 0 radical (unpaired) electrons. The Kier molecular flexibility index (Phi) is 4.36. The first-order valence-corrected chi connectivity index (χ1v) is 10.6. The third-order valence-corrected chi connectivity index (χ3v) is 6.67. The highest BCUT2D eigenvalue weighted by Gasteiger charge is 2.46. The van der Waals surface area contributed by atoms with Gasteiger partial charge in [0, 0.05) is 35.6 Å². The average molecular weight is 391 g/mol. The fourth-order valence-corrected chi connectivity index (χ4v) is 5.49. The van der Waals surface area contributed by atoms with Gasteiger partial charge in [0.1, 0.15) is 17.8 Å². The Morgan fingerprint density at radius 1 is 1.11 bits per heavy atom. The summed E-state index contributed by atoms with van der Waals surface area (Å²) in [6, 6.07) is 18.2. The number of phenols is 1. The Hall–Kier alpha value is -2.73. The molecule has 3 atom stereocenters. The Bertz CT molecular complexity index is 999. The van der Waals surface area contributed by atoms with Crippen molar-refractivity contribution in [3.05, 3.63) is 78.4 Å². The van der Waals surface area contributed by atoms with Crippen molar-refractivity contribution >= 4 is 16.9 Å². The van der Waals surface area contributed by atoms with E-state index in [0.29, 0.717) is 6.04 Å². The molecule has 0 aliphatic carbocycles. The summed E-state index contributed by atoms with van der Waals surface area (Å²) in [5.41, 5.74) is 3.23. The number of rotatable bonds is 4. The van der Waals surface area contributed by atoms with Gasteiger partial charge in [-0.1, -0.05) is 24.8 Å². The molecule has 6 heteroatoms. The van der Waals surface area contributed by atoms with Gasteiger partial charge in [-0.3, -0.25) is 9.98 Å². The second-order valence-corrected chi connectivity index (χ2v) is 8.14. The van der Waals surface area contributed by atoms with Gasteiger partial charge < -0.3 is 14.6 Å². The zero-order valence-electron chi connectivity index (χ0n) is 15.6. The molecular formula is C22H22N4OS. The molecule has 0 unspecified atom stereocenters. The maximum absolute atomic E-state index is 9.67. The van der Waals surface area contributed by atoms with Crippen LogP contribution in [0, 0.1) is 0 Å². The molecule has 0 saturated carbocycles. The molecule has 1 aromatic carbocycles. The van der Waals surface area contributed by atoms with Crippen molar-refractivity contribution in [2.45, 2.75) is 31.5 Å². The smallest absolute Gasteiger partial charge is 0.160 e. The molecule has 0 bridgehead atoms. The van der Waals surface area contributed by atoms with E-state index in [1.165, 1.54) is 5.69 Å². The van der Waals surface area contributed by atoms with Crippen LogP contribution in [0.3, 0.4) is 0 Å². The highest BCUT2D eigenvalue weighted by molar-refractivity contribution is 8.14. The first-order chi connectivity index (χ1) is 13.8. The lowest BCUT2D eigenvalue weighted by molar-refractivity contribution is 0.249. The second-order valence-electron chi connectivity index (χ2n) is 7.16. The number of benzene rings is 1. The van der Waals surface area contributed by atoms with E-state index in [1.807, 2.05) is 42.2 Å². The summed E-state index contributed by atoms with van der Waals surface area (Å²) in [7, 11) is 0. The minimum absolute atomic E-state index is 0.0242. The zero-order valence-corrected chi connectivity index (χ0v) is 16.5. The van der Waals surface area contributed by atoms with Crippen molar-refractivity contribution in [1.29, 1.82) is 0 Å². The number of hydrogen-bond acceptors (Lipinski definition) is 5. The number of pyridine rings is 1. The first-order valence-electron chi connectivity index (χ1n) is 9.63. The maximum atomic E-state index is 9.67. The molecule has 0 amide bonds. The van der Waals surface area contributed by atoms with Crippen LogP contribution in [-0.2, 0) is 0 Å². The van der Waals surface area contributed by atoms with Crippen LogP contribution in [-0.4, -0.2) is 36.5 Å². The lowest BCUT2D eigenvalue weighted by Crippen LogP contribution is -2.36. The van der Waals surface area contributed by atoms with E-state index in [2.05, 4.69) is 45.8 Å². The summed E-state index contributed by atoms with van der Waals surface area (Å²) in [6.07, 6.45) is 5.02. The number of aliphatic imine (C=N–C) groups is 1. The topological polar surface area (TPSA) is 53.6 Å². The molecule has 1 fully saturated rings. The molecule has 1 saturated heterocycles. The number of phenolic OH excluding ortho intramolecular Hbond substituents is 1. The SMILES string of the molecule is CC[C@@H]1CSC2=N[C@H](c3ccccn3)[C@H](c3cccn3-c3ccc(O)cc3)N21. The number of aromatic hydroxyl groups is 1. The van der Waals surface area contributed by atoms with E-state index in [4.69, 9.17) is 4.99 Å². The van der Waals surface area contributed by atoms with Gasteiger partial charge in [0.05, 0.1) is 5.69 Å². The normalized spacial score (nSPS) is 23.7. The zero-order chi connectivity index (χ0) is 19.1. The maximum Gasteiger partial charge on any atom is 0.160 e. The van der Waals surface area contributed by atoms with E-state index in [1.54, 1.807) is 12.1 Å². The predicted octanol–water partition coefficient (Wildman–Crippen LogP) is 4.56. The van der Waals surface area contributed by atoms with Gasteiger partial charge in [-0.25, -0.2) is 0 Å². The standard InChI is InChI=1S/C22H22N4OS/c1-2-15-14-28-22-24-20(18-6-3-4-12-23-18)21(26(15)22)19-7-5-13-25(19)16-8-10-17(27)11-9-16/h3-13,15,20-21,27H,2,14H2,1H3/t15-,20-,21+/m1/s1. The Labute approximate surface area is 168 Å². The van der Waals surface area contributed by atoms with E-state index in [-0.39, 0.29) is 17.8 Å². The Balaban J connectivity index is 1.62. The lowest BCUT2D eigenvalue weighted by Gasteiger charge is -2.32. The third-order valence-electron chi connectivity index (χ3n) is 5.54. The molecule has 2 aliphatic heterocycles. The summed E-state index contributed by atoms with van der Waals surface area (Å²) in [6.45, 7) is 2.25. The summed E-state index contributed by atoms with van der Waals surface area (Å²) in [5, 5.41) is 10.8. The van der Waals surface area contributed by atoms with Gasteiger partial charge in [0.25, 0.3) is 0 Å². The van der Waals surface area contributed by atoms with Gasteiger partial charge in [-0.2, -0.15) is 0 Å². The number of fused-ring (bicyclic) bond motifs is 1. The van der Waals surface area contributed by atoms with Crippen LogP contribution in [0.2, 0.25) is 0 Å². The van der Waals surface area contributed by atoms with Crippen LogP contribution in [0.1, 0.15) is 36.8 Å². The van der Waals surface area contributed by atoms with Crippen LogP contribution in [0.4, 0.5) is 0 Å². The first kappa shape index (κ1) is 17.4. The van der Waals surface area contributed by atoms with E-state index in [0.717, 1.165) is 28.7 Å². The minimum Gasteiger partial charge on any atom is -0.508 e. The summed E-state index contributed by atoms with van der Waals surface area (Å²) >= 11 is 1.85. The molecule has 5 rings (SSSR count). The molecule has 5 nitrogen and oxygen atoms in total. The molecular weight excluding hydrogens is 368 g/mol. The summed E-state index contributed by atoms with van der Waals surface area (Å²) in [5.74, 6) is 1.36. The number of amidine groups is 1. The van der Waals surface area contributed by atoms with Crippen LogP contribution in [0.25, 0.3) is 5.69 Å². The van der Waals surface area contributed by atoms with Gasteiger partial charge in [-0.05, 0) is 55.0 Å². The van der Waals surface area contributed by atoms with E-state index < -0.39 is 0 Å². The molecule has 2 aliphatic rings. The highest BCUT2D eigenvalue weighted by Crippen LogP contribution is 2.48. The molecule has 0 spiro atoms. The fraction of sp³-hybridized carbons (Fsp3) is 0.273. The van der Waals surface area contributed by atoms with E-state index >= 15 is 0 Å². The van der Waals surface area contributed by atoms with Crippen molar-refractivity contribution in [3.63, 3.8) is 0 Å². The number of thioether (sulfide) groups is 1. The molecule has 3 aromatic rings. The molecule has 142 valence electrons. The lowest BCUT2D eigenvalue weighted by atomic mass is 9.99. The molecule has 1 N–H and O–H groups in total. The van der Waals surface area contributed by atoms with Gasteiger partial charge in [-0.15, -0.1) is 0 Å². The molecule has 4 heterocycles. The van der Waals surface area contributed by atoms with Crippen LogP contribution in [0.5, 0.6) is 5.75 Å². The summed E-state index contributed by atoms with van der Waals surface area (Å²) < 4.78 is 2.20. The van der Waals surface area contributed by atoms with Crippen LogP contribution < -0.4 is 0 Å². The minimum atomic E-state index is -0.0242. The van der Waals surface area contributed by atoms with Gasteiger partial charge in [0.2, 0.25) is 0 Å². The predicted molar refractivity (Wildman–Crippen MR) is 113 cm³/mol. The van der Waals surface area contributed by atoms with Gasteiger partial charge >= 0.3 is 0 Å².